The molecule has 1 amide bonds. The summed E-state index contributed by atoms with van der Waals surface area (Å²) in [5.74, 6) is 0.409. The first-order chi connectivity index (χ1) is 10.1. The van der Waals surface area contributed by atoms with Gasteiger partial charge in [-0.1, -0.05) is 36.0 Å². The smallest absolute Gasteiger partial charge is 0.254 e. The molecule has 0 radical (unpaired) electrons. The lowest BCUT2D eigenvalue weighted by Gasteiger charge is -2.39. The molecule has 1 fully saturated rings. The number of rotatable bonds is 4. The topological polar surface area (TPSA) is 46.3 Å². The zero-order valence-electron chi connectivity index (χ0n) is 12.3. The Morgan fingerprint density at radius 1 is 1.29 bits per heavy atom. The Balaban J connectivity index is 2.22. The van der Waals surface area contributed by atoms with Gasteiger partial charge in [-0.3, -0.25) is 4.79 Å². The fourth-order valence-corrected chi connectivity index (χ4v) is 3.50. The van der Waals surface area contributed by atoms with Crippen molar-refractivity contribution < 1.29 is 4.79 Å². The third-order valence-electron chi connectivity index (χ3n) is 4.34. The second-order valence-corrected chi connectivity index (χ2v) is 6.38. The number of amides is 1. The predicted octanol–water partition coefficient (Wildman–Crippen LogP) is 3.97. The van der Waals surface area contributed by atoms with E-state index < -0.39 is 0 Å². The molecule has 0 bridgehead atoms. The Morgan fingerprint density at radius 2 is 2.00 bits per heavy atom. The van der Waals surface area contributed by atoms with Crippen LogP contribution in [0.5, 0.6) is 0 Å². The van der Waals surface area contributed by atoms with Crippen LogP contribution in [-0.2, 0) is 0 Å². The number of hydrogen-bond acceptors (Lipinski definition) is 2. The number of carbonyl (C=O) groups excluding carboxylic acids is 1. The first-order valence-corrected chi connectivity index (χ1v) is 8.30. The molecular weight excluding hydrogens is 307 g/mol. The average molecular weight is 329 g/mol. The molecule has 3 nitrogen and oxygen atoms in total. The first kappa shape index (κ1) is 16.6. The number of halogens is 2. The van der Waals surface area contributed by atoms with Crippen molar-refractivity contribution in [2.45, 2.75) is 38.6 Å². The lowest BCUT2D eigenvalue weighted by molar-refractivity contribution is 0.0560. The van der Waals surface area contributed by atoms with Crippen molar-refractivity contribution in [1.82, 2.24) is 4.90 Å². The van der Waals surface area contributed by atoms with Crippen molar-refractivity contribution in [1.29, 1.82) is 0 Å². The summed E-state index contributed by atoms with van der Waals surface area (Å²) in [5, 5.41) is 0.881. The molecule has 0 aromatic heterocycles. The summed E-state index contributed by atoms with van der Waals surface area (Å²) in [6, 6.07) is 5.29. The van der Waals surface area contributed by atoms with Crippen LogP contribution >= 0.6 is 23.2 Å². The molecule has 5 heteroatoms. The van der Waals surface area contributed by atoms with Gasteiger partial charge in [0.2, 0.25) is 0 Å². The van der Waals surface area contributed by atoms with E-state index in [-0.39, 0.29) is 11.9 Å². The van der Waals surface area contributed by atoms with Gasteiger partial charge in [0.05, 0.1) is 10.0 Å². The molecule has 1 aromatic carbocycles. The largest absolute Gasteiger partial charge is 0.336 e. The second-order valence-electron chi connectivity index (χ2n) is 5.57. The molecule has 116 valence electrons. The third kappa shape index (κ3) is 3.71. The molecule has 0 heterocycles. The van der Waals surface area contributed by atoms with Crippen LogP contribution in [0.1, 0.15) is 43.0 Å². The number of hydrogen-bond donors (Lipinski definition) is 1. The Labute approximate surface area is 136 Å². The van der Waals surface area contributed by atoms with E-state index in [1.807, 2.05) is 11.8 Å². The summed E-state index contributed by atoms with van der Waals surface area (Å²) >= 11 is 11.9. The van der Waals surface area contributed by atoms with Gasteiger partial charge in [0.15, 0.2) is 0 Å². The van der Waals surface area contributed by atoms with Crippen molar-refractivity contribution in [2.24, 2.45) is 11.7 Å². The molecule has 1 saturated carbocycles. The number of nitrogens with zero attached hydrogens (tertiary/aromatic N) is 1. The van der Waals surface area contributed by atoms with E-state index in [9.17, 15) is 4.79 Å². The van der Waals surface area contributed by atoms with Crippen molar-refractivity contribution in [2.75, 3.05) is 13.1 Å². The molecule has 2 N–H and O–H groups in total. The maximum Gasteiger partial charge on any atom is 0.254 e. The van der Waals surface area contributed by atoms with Gasteiger partial charge >= 0.3 is 0 Å². The van der Waals surface area contributed by atoms with E-state index in [0.29, 0.717) is 34.6 Å². The number of carbonyl (C=O) groups is 1. The van der Waals surface area contributed by atoms with E-state index in [1.54, 1.807) is 18.2 Å². The van der Waals surface area contributed by atoms with E-state index >= 15 is 0 Å². The molecule has 0 spiro atoms. The lowest BCUT2D eigenvalue weighted by Crippen LogP contribution is -2.48. The van der Waals surface area contributed by atoms with E-state index in [1.165, 1.54) is 6.42 Å². The highest BCUT2D eigenvalue weighted by Crippen LogP contribution is 2.30. The van der Waals surface area contributed by atoms with Crippen molar-refractivity contribution in [3.05, 3.63) is 33.8 Å². The standard InChI is InChI=1S/C16H22Cl2N2O/c1-2-20(15-6-4-3-5-12(15)10-19)16(21)11-7-8-13(17)14(18)9-11/h7-9,12,15H,2-6,10,19H2,1H3. The van der Waals surface area contributed by atoms with E-state index in [4.69, 9.17) is 28.9 Å². The van der Waals surface area contributed by atoms with Crippen LogP contribution in [-0.4, -0.2) is 29.9 Å². The predicted molar refractivity (Wildman–Crippen MR) is 88.0 cm³/mol. The molecule has 2 unspecified atom stereocenters. The van der Waals surface area contributed by atoms with Gasteiger partial charge in [0.1, 0.15) is 0 Å². The van der Waals surface area contributed by atoms with Gasteiger partial charge in [0.25, 0.3) is 5.91 Å². The van der Waals surface area contributed by atoms with Crippen LogP contribution in [0, 0.1) is 5.92 Å². The molecule has 21 heavy (non-hydrogen) atoms. The summed E-state index contributed by atoms with van der Waals surface area (Å²) in [5.41, 5.74) is 6.48. The number of benzene rings is 1. The zero-order chi connectivity index (χ0) is 15.4. The highest BCUT2D eigenvalue weighted by molar-refractivity contribution is 6.42. The van der Waals surface area contributed by atoms with Crippen LogP contribution in [0.4, 0.5) is 0 Å². The quantitative estimate of drug-likeness (QED) is 0.908. The Hall–Kier alpha value is -0.770. The van der Waals surface area contributed by atoms with Gasteiger partial charge < -0.3 is 10.6 Å². The molecule has 0 saturated heterocycles. The average Bonchev–Trinajstić information content (AvgIpc) is 2.51. The SMILES string of the molecule is CCN(C(=O)c1ccc(Cl)c(Cl)c1)C1CCCCC1CN. The fourth-order valence-electron chi connectivity index (χ4n) is 3.20. The molecule has 1 aliphatic carbocycles. The Morgan fingerprint density at radius 3 is 2.62 bits per heavy atom. The highest BCUT2D eigenvalue weighted by Gasteiger charge is 2.31. The summed E-state index contributed by atoms with van der Waals surface area (Å²) < 4.78 is 0. The van der Waals surface area contributed by atoms with Gasteiger partial charge in [-0.15, -0.1) is 0 Å². The second kappa shape index (κ2) is 7.48. The minimum absolute atomic E-state index is 0.0152. The molecule has 0 aliphatic heterocycles. The summed E-state index contributed by atoms with van der Waals surface area (Å²) in [6.45, 7) is 3.33. The minimum atomic E-state index is 0.0152. The number of nitrogens with two attached hydrogens (primary N) is 1. The first-order valence-electron chi connectivity index (χ1n) is 7.54. The van der Waals surface area contributed by atoms with Crippen LogP contribution in [0.15, 0.2) is 18.2 Å². The van der Waals surface area contributed by atoms with Crippen LogP contribution in [0.2, 0.25) is 10.0 Å². The maximum atomic E-state index is 12.8. The molecule has 1 aromatic rings. The highest BCUT2D eigenvalue weighted by atomic mass is 35.5. The van der Waals surface area contributed by atoms with Crippen LogP contribution < -0.4 is 5.73 Å². The van der Waals surface area contributed by atoms with Crippen LogP contribution in [0.3, 0.4) is 0 Å². The van der Waals surface area contributed by atoms with Crippen molar-refractivity contribution in [3.63, 3.8) is 0 Å². The zero-order valence-corrected chi connectivity index (χ0v) is 13.8. The normalized spacial score (nSPS) is 22.1. The van der Waals surface area contributed by atoms with Crippen molar-refractivity contribution in [3.8, 4) is 0 Å². The molecule has 2 atom stereocenters. The third-order valence-corrected chi connectivity index (χ3v) is 5.08. The molecule has 2 rings (SSSR count). The summed E-state index contributed by atoms with van der Waals surface area (Å²) in [4.78, 5) is 14.7. The fraction of sp³-hybridized carbons (Fsp3) is 0.562. The van der Waals surface area contributed by atoms with Crippen LogP contribution in [0.25, 0.3) is 0 Å². The Kier molecular flexibility index (Phi) is 5.91. The lowest BCUT2D eigenvalue weighted by atomic mass is 9.83. The monoisotopic (exact) mass is 328 g/mol. The van der Waals surface area contributed by atoms with Gasteiger partial charge in [0, 0.05) is 18.2 Å². The Bertz CT molecular complexity index is 507. The van der Waals surface area contributed by atoms with Gasteiger partial charge in [-0.05, 0) is 50.4 Å². The van der Waals surface area contributed by atoms with E-state index in [2.05, 4.69) is 0 Å². The maximum absolute atomic E-state index is 12.8. The van der Waals surface area contributed by atoms with Gasteiger partial charge in [-0.25, -0.2) is 0 Å². The van der Waals surface area contributed by atoms with Crippen molar-refractivity contribution >= 4 is 29.1 Å². The summed E-state index contributed by atoms with van der Waals surface area (Å²) in [7, 11) is 0. The molecular formula is C16H22Cl2N2O. The minimum Gasteiger partial charge on any atom is -0.336 e. The summed E-state index contributed by atoms with van der Waals surface area (Å²) in [6.07, 6.45) is 4.50. The molecule has 1 aliphatic rings. The van der Waals surface area contributed by atoms with E-state index in [0.717, 1.165) is 19.3 Å². The van der Waals surface area contributed by atoms with Gasteiger partial charge in [-0.2, -0.15) is 0 Å².